The fourth-order valence-corrected chi connectivity index (χ4v) is 2.85. The van der Waals surface area contributed by atoms with Crippen molar-refractivity contribution in [3.8, 4) is 0 Å². The predicted octanol–water partition coefficient (Wildman–Crippen LogP) is 0.672. The minimum Gasteiger partial charge on any atom is -0.446 e. The van der Waals surface area contributed by atoms with Crippen molar-refractivity contribution in [2.75, 3.05) is 55.9 Å². The number of hydrogen-bond acceptors (Lipinski definition) is 16. The molecule has 0 radical (unpaired) electrons. The van der Waals surface area contributed by atoms with Crippen molar-refractivity contribution in [1.29, 1.82) is 0 Å². The number of nitrogen functional groups attached to an aromatic ring is 1. The Morgan fingerprint density at radius 3 is 1.60 bits per heavy atom. The highest BCUT2D eigenvalue weighted by atomic mass is 16.8. The van der Waals surface area contributed by atoms with E-state index >= 15 is 0 Å². The number of hydrazine groups is 3. The van der Waals surface area contributed by atoms with E-state index in [9.17, 15) is 14.4 Å². The Hall–Kier alpha value is -5.37. The molecule has 1 fully saturated rings. The lowest BCUT2D eigenvalue weighted by Crippen LogP contribution is -2.35. The smallest absolute Gasteiger partial charge is 0.446 e. The Morgan fingerprint density at radius 1 is 0.771 bits per heavy atom. The lowest BCUT2D eigenvalue weighted by atomic mass is 10.3. The van der Waals surface area contributed by atoms with E-state index in [2.05, 4.69) is 46.1 Å². The summed E-state index contributed by atoms with van der Waals surface area (Å²) in [6.07, 6.45) is -4.58. The van der Waals surface area contributed by atoms with Gasteiger partial charge in [-0.25, -0.2) is 25.2 Å². The maximum Gasteiger partial charge on any atom is 0.508 e. The molecule has 0 saturated carbocycles. The van der Waals surface area contributed by atoms with Gasteiger partial charge in [0.25, 0.3) is 0 Å². The molecule has 18 nitrogen and oxygen atoms in total. The normalized spacial score (nSPS) is 13.1. The van der Waals surface area contributed by atoms with Gasteiger partial charge in [-0.05, 0) is 36.4 Å². The molecule has 3 aromatic rings. The predicted molar refractivity (Wildman–Crippen MR) is 173 cm³/mol. The zero-order chi connectivity index (χ0) is 35.4. The fraction of sp³-hybridized carbons (Fsp3) is 0.300. The number of para-hydroxylation sites is 3. The average molecular weight is 679 g/mol. The first-order chi connectivity index (χ1) is 23.2. The molecule has 0 aromatic heterocycles. The standard InChI is InChI=1S/2C10H14N2O4.C6H8N2.C4H6O4/c13-6-9(14)7-16-10(15)12-11-8-4-2-1-3-5-8;13-6-9(7-14)16-10(15)12-11-8-4-2-1-3-5-8;7-8-6-4-2-1-3-5-6;5-1-3-2-7-4(6)8-3/h2*1-5,9,11,13-14H,6-7H2,(H,12,15);1-5,8H,7H2;3,5H,1-2H2. The van der Waals surface area contributed by atoms with E-state index < -0.39 is 56.5 Å². The Labute approximate surface area is 276 Å². The van der Waals surface area contributed by atoms with Crippen LogP contribution < -0.4 is 33.0 Å². The number of nitrogens with one attached hydrogen (secondary N) is 5. The van der Waals surface area contributed by atoms with Crippen molar-refractivity contribution in [1.82, 2.24) is 10.9 Å². The Balaban J connectivity index is 0.000000336. The van der Waals surface area contributed by atoms with Crippen molar-refractivity contribution < 1.29 is 58.9 Å². The molecule has 1 aliphatic rings. The molecule has 3 aromatic carbocycles. The van der Waals surface area contributed by atoms with Crippen LogP contribution in [0.2, 0.25) is 0 Å². The second-order valence-corrected chi connectivity index (χ2v) is 9.05. The van der Waals surface area contributed by atoms with Gasteiger partial charge in [-0.3, -0.25) is 16.7 Å². The molecule has 4 rings (SSSR count). The number of carbonyl (C=O) groups is 3. The van der Waals surface area contributed by atoms with Gasteiger partial charge in [-0.2, -0.15) is 0 Å². The summed E-state index contributed by atoms with van der Waals surface area (Å²) in [6.45, 7) is -1.52. The third-order valence-corrected chi connectivity index (χ3v) is 5.26. The number of benzene rings is 3. The quantitative estimate of drug-likeness (QED) is 0.0543. The van der Waals surface area contributed by atoms with Crippen molar-refractivity contribution in [2.45, 2.75) is 18.3 Å². The van der Waals surface area contributed by atoms with Crippen molar-refractivity contribution in [3.63, 3.8) is 0 Å². The van der Waals surface area contributed by atoms with E-state index in [-0.39, 0.29) is 19.8 Å². The lowest BCUT2D eigenvalue weighted by molar-refractivity contribution is 0.0232. The van der Waals surface area contributed by atoms with Gasteiger partial charge in [0.05, 0.1) is 37.8 Å². The van der Waals surface area contributed by atoms with Gasteiger partial charge in [0, 0.05) is 5.69 Å². The maximum absolute atomic E-state index is 11.1. The van der Waals surface area contributed by atoms with Crippen LogP contribution in [0.25, 0.3) is 0 Å². The molecular weight excluding hydrogens is 636 g/mol. The number of nitrogens with two attached hydrogens (primary N) is 1. The number of hydrogen-bond donors (Lipinski definition) is 11. The first-order valence-electron chi connectivity index (χ1n) is 14.2. The van der Waals surface area contributed by atoms with E-state index in [4.69, 9.17) is 31.4 Å². The Kier molecular flexibility index (Phi) is 21.8. The van der Waals surface area contributed by atoms with Gasteiger partial charge in [0.15, 0.2) is 6.10 Å². The molecule has 12 N–H and O–H groups in total. The summed E-state index contributed by atoms with van der Waals surface area (Å²) in [5.41, 5.74) is 14.6. The molecular formula is C30H42N6O12. The number of aliphatic hydroxyl groups is 5. The summed E-state index contributed by atoms with van der Waals surface area (Å²) in [4.78, 5) is 32.2. The summed E-state index contributed by atoms with van der Waals surface area (Å²) < 4.78 is 18.0. The molecule has 2 amide bonds. The molecule has 1 heterocycles. The van der Waals surface area contributed by atoms with Gasteiger partial charge in [0.2, 0.25) is 0 Å². The summed E-state index contributed by atoms with van der Waals surface area (Å²) in [5.74, 6) is 5.10. The minimum atomic E-state index is -1.05. The van der Waals surface area contributed by atoms with E-state index in [1.807, 2.05) is 54.6 Å². The third-order valence-electron chi connectivity index (χ3n) is 5.26. The molecule has 48 heavy (non-hydrogen) atoms. The number of ether oxygens (including phenoxy) is 4. The molecule has 2 atom stereocenters. The van der Waals surface area contributed by atoms with Crippen LogP contribution in [-0.2, 0) is 18.9 Å². The van der Waals surface area contributed by atoms with Crippen molar-refractivity contribution >= 4 is 35.4 Å². The number of carbonyl (C=O) groups excluding carboxylic acids is 3. The largest absolute Gasteiger partial charge is 0.508 e. The minimum absolute atomic E-state index is 0.161. The summed E-state index contributed by atoms with van der Waals surface area (Å²) in [7, 11) is 0. The monoisotopic (exact) mass is 678 g/mol. The van der Waals surface area contributed by atoms with Crippen LogP contribution >= 0.6 is 0 Å². The molecule has 1 aliphatic heterocycles. The van der Waals surface area contributed by atoms with E-state index in [1.165, 1.54) is 0 Å². The van der Waals surface area contributed by atoms with Crippen LogP contribution in [0.1, 0.15) is 0 Å². The number of anilines is 3. The van der Waals surface area contributed by atoms with Crippen LogP contribution in [-0.4, -0.2) is 102 Å². The third kappa shape index (κ3) is 19.9. The molecule has 264 valence electrons. The van der Waals surface area contributed by atoms with Crippen LogP contribution in [0.3, 0.4) is 0 Å². The number of cyclic esters (lactones) is 2. The van der Waals surface area contributed by atoms with Crippen LogP contribution in [0, 0.1) is 0 Å². The summed E-state index contributed by atoms with van der Waals surface area (Å²) >= 11 is 0. The van der Waals surface area contributed by atoms with Crippen LogP contribution in [0.15, 0.2) is 91.0 Å². The second-order valence-electron chi connectivity index (χ2n) is 9.05. The number of rotatable bonds is 12. The van der Waals surface area contributed by atoms with Gasteiger partial charge in [-0.15, -0.1) is 0 Å². The van der Waals surface area contributed by atoms with E-state index in [1.54, 1.807) is 36.4 Å². The number of aliphatic hydroxyl groups excluding tert-OH is 5. The SMILES string of the molecule is NNc1ccccc1.O=C(NNc1ccccc1)OC(CO)CO.O=C(NNc1ccccc1)OCC(O)CO.O=C1OCC(CO)O1. The zero-order valence-corrected chi connectivity index (χ0v) is 25.8. The molecule has 0 spiro atoms. The first kappa shape index (κ1) is 40.7. The summed E-state index contributed by atoms with van der Waals surface area (Å²) in [5, 5.41) is 43.1. The van der Waals surface area contributed by atoms with Crippen molar-refractivity contribution in [3.05, 3.63) is 91.0 Å². The zero-order valence-electron chi connectivity index (χ0n) is 25.8. The highest BCUT2D eigenvalue weighted by Gasteiger charge is 2.23. The van der Waals surface area contributed by atoms with Gasteiger partial charge in [-0.1, -0.05) is 54.6 Å². The number of amides is 2. The van der Waals surface area contributed by atoms with Crippen LogP contribution in [0.4, 0.5) is 31.4 Å². The fourth-order valence-electron chi connectivity index (χ4n) is 2.85. The second kappa shape index (κ2) is 25.8. The van der Waals surface area contributed by atoms with Gasteiger partial charge >= 0.3 is 18.3 Å². The highest BCUT2D eigenvalue weighted by molar-refractivity contribution is 5.70. The van der Waals surface area contributed by atoms with E-state index in [0.717, 1.165) is 5.69 Å². The molecule has 18 heteroatoms. The topological polar surface area (TPSA) is 275 Å². The summed E-state index contributed by atoms with van der Waals surface area (Å²) in [6, 6.07) is 27.6. The molecule has 0 bridgehead atoms. The molecule has 1 saturated heterocycles. The maximum atomic E-state index is 11.1. The van der Waals surface area contributed by atoms with Crippen LogP contribution in [0.5, 0.6) is 0 Å². The highest BCUT2D eigenvalue weighted by Crippen LogP contribution is 2.05. The Bertz CT molecular complexity index is 1260. The molecule has 2 unspecified atom stereocenters. The molecule has 0 aliphatic carbocycles. The van der Waals surface area contributed by atoms with Gasteiger partial charge < -0.3 is 49.9 Å². The lowest BCUT2D eigenvalue weighted by Gasteiger charge is -2.14. The van der Waals surface area contributed by atoms with Crippen molar-refractivity contribution in [2.24, 2.45) is 5.84 Å². The Morgan fingerprint density at radius 2 is 1.25 bits per heavy atom. The van der Waals surface area contributed by atoms with Gasteiger partial charge in [0.1, 0.15) is 25.4 Å². The van der Waals surface area contributed by atoms with E-state index in [0.29, 0.717) is 11.4 Å². The average Bonchev–Trinajstić information content (AvgIpc) is 3.58. The first-order valence-corrected chi connectivity index (χ1v) is 14.2.